The summed E-state index contributed by atoms with van der Waals surface area (Å²) < 4.78 is 5.39. The van der Waals surface area contributed by atoms with Crippen LogP contribution in [0.4, 0.5) is 0 Å². The summed E-state index contributed by atoms with van der Waals surface area (Å²) in [5, 5.41) is 0. The van der Waals surface area contributed by atoms with Gasteiger partial charge in [-0.2, -0.15) is 0 Å². The number of hydrogen-bond donors (Lipinski definition) is 2. The Labute approximate surface area is 153 Å². The van der Waals surface area contributed by atoms with Crippen LogP contribution in [0.25, 0.3) is 6.08 Å². The fraction of sp³-hybridized carbons (Fsp3) is 0.143. The van der Waals surface area contributed by atoms with Crippen molar-refractivity contribution in [3.63, 3.8) is 0 Å². The number of hydrogen-bond acceptors (Lipinski definition) is 3. The van der Waals surface area contributed by atoms with Gasteiger partial charge in [-0.15, -0.1) is 0 Å². The molecule has 0 unspecified atom stereocenters. The zero-order chi connectivity index (χ0) is 18.9. The van der Waals surface area contributed by atoms with Crippen molar-refractivity contribution in [1.82, 2.24) is 10.9 Å². The summed E-state index contributed by atoms with van der Waals surface area (Å²) in [6.45, 7) is 7.84. The van der Waals surface area contributed by atoms with Crippen molar-refractivity contribution in [2.24, 2.45) is 0 Å². The van der Waals surface area contributed by atoms with E-state index >= 15 is 0 Å². The molecule has 5 nitrogen and oxygen atoms in total. The molecule has 5 heteroatoms. The molecule has 0 fully saturated rings. The van der Waals surface area contributed by atoms with Gasteiger partial charge in [-0.1, -0.05) is 42.5 Å². The van der Waals surface area contributed by atoms with Crippen molar-refractivity contribution < 1.29 is 14.3 Å². The second-order valence-corrected chi connectivity index (χ2v) is 5.76. The van der Waals surface area contributed by atoms with Crippen molar-refractivity contribution in [3.8, 4) is 5.75 Å². The zero-order valence-electron chi connectivity index (χ0n) is 14.9. The molecular formula is C21H22N2O3. The maximum atomic E-state index is 12.1. The van der Waals surface area contributed by atoms with E-state index in [1.807, 2.05) is 50.2 Å². The molecule has 26 heavy (non-hydrogen) atoms. The second kappa shape index (κ2) is 9.22. The largest absolute Gasteiger partial charge is 0.490 e. The summed E-state index contributed by atoms with van der Waals surface area (Å²) in [4.78, 5) is 24.0. The van der Waals surface area contributed by atoms with Crippen molar-refractivity contribution in [1.29, 1.82) is 0 Å². The number of carbonyl (C=O) groups is 2. The minimum absolute atomic E-state index is 0.354. The van der Waals surface area contributed by atoms with Gasteiger partial charge >= 0.3 is 0 Å². The lowest BCUT2D eigenvalue weighted by molar-refractivity contribution is -0.117. The van der Waals surface area contributed by atoms with E-state index in [0.29, 0.717) is 12.2 Å². The summed E-state index contributed by atoms with van der Waals surface area (Å²) in [6.07, 6.45) is 4.67. The Balaban J connectivity index is 1.86. The molecule has 2 amide bonds. The topological polar surface area (TPSA) is 67.4 Å². The van der Waals surface area contributed by atoms with Crippen molar-refractivity contribution >= 4 is 17.9 Å². The molecule has 0 bridgehead atoms. The molecule has 0 aromatic heterocycles. The molecule has 0 spiro atoms. The maximum Gasteiger partial charge on any atom is 0.269 e. The van der Waals surface area contributed by atoms with Crippen LogP contribution >= 0.6 is 0 Å². The Bertz CT molecular complexity index is 824. The molecule has 0 atom stereocenters. The van der Waals surface area contributed by atoms with Crippen LogP contribution in [0.1, 0.15) is 27.0 Å². The SMILES string of the molecule is C=CCOc1ccc(/C=C/C(=O)NNC(=O)c2ccc(C)cc2C)cc1. The monoisotopic (exact) mass is 350 g/mol. The van der Waals surface area contributed by atoms with Crippen LogP contribution in [0, 0.1) is 13.8 Å². The first-order chi connectivity index (χ1) is 12.5. The van der Waals surface area contributed by atoms with Gasteiger partial charge in [-0.3, -0.25) is 20.4 Å². The van der Waals surface area contributed by atoms with E-state index in [2.05, 4.69) is 17.4 Å². The third kappa shape index (κ3) is 5.63. The lowest BCUT2D eigenvalue weighted by Crippen LogP contribution is -2.41. The first-order valence-electron chi connectivity index (χ1n) is 8.19. The Morgan fingerprint density at radius 1 is 1.08 bits per heavy atom. The number of carbonyl (C=O) groups excluding carboxylic acids is 2. The molecule has 2 aromatic rings. The lowest BCUT2D eigenvalue weighted by Gasteiger charge is -2.08. The Hall–Kier alpha value is -3.34. The minimum Gasteiger partial charge on any atom is -0.490 e. The van der Waals surface area contributed by atoms with E-state index in [9.17, 15) is 9.59 Å². The van der Waals surface area contributed by atoms with Gasteiger partial charge in [0.15, 0.2) is 0 Å². The van der Waals surface area contributed by atoms with E-state index in [4.69, 9.17) is 4.74 Å². The highest BCUT2D eigenvalue weighted by molar-refractivity contribution is 5.98. The number of hydrazine groups is 1. The van der Waals surface area contributed by atoms with Gasteiger partial charge in [-0.05, 0) is 49.2 Å². The number of aryl methyl sites for hydroxylation is 2. The van der Waals surface area contributed by atoms with Gasteiger partial charge in [0, 0.05) is 11.6 Å². The average molecular weight is 350 g/mol. The molecule has 0 aliphatic rings. The van der Waals surface area contributed by atoms with Crippen molar-refractivity contribution in [2.75, 3.05) is 6.61 Å². The van der Waals surface area contributed by atoms with Gasteiger partial charge in [0.25, 0.3) is 11.8 Å². The highest BCUT2D eigenvalue weighted by Crippen LogP contribution is 2.13. The zero-order valence-corrected chi connectivity index (χ0v) is 14.9. The van der Waals surface area contributed by atoms with Crippen LogP contribution in [0.15, 0.2) is 61.2 Å². The van der Waals surface area contributed by atoms with E-state index in [0.717, 1.165) is 22.4 Å². The van der Waals surface area contributed by atoms with E-state index < -0.39 is 5.91 Å². The molecule has 2 aromatic carbocycles. The third-order valence-electron chi connectivity index (χ3n) is 3.60. The molecule has 0 heterocycles. The smallest absolute Gasteiger partial charge is 0.269 e. The fourth-order valence-electron chi connectivity index (χ4n) is 2.30. The van der Waals surface area contributed by atoms with Crippen LogP contribution in [-0.4, -0.2) is 18.4 Å². The third-order valence-corrected chi connectivity index (χ3v) is 3.60. The van der Waals surface area contributed by atoms with Gasteiger partial charge in [0.05, 0.1) is 0 Å². The summed E-state index contributed by atoms with van der Waals surface area (Å²) >= 11 is 0. The quantitative estimate of drug-likeness (QED) is 0.477. The molecular weight excluding hydrogens is 328 g/mol. The summed E-state index contributed by atoms with van der Waals surface area (Å²) in [7, 11) is 0. The van der Waals surface area contributed by atoms with Crippen LogP contribution < -0.4 is 15.6 Å². The predicted octanol–water partition coefficient (Wildman–Crippen LogP) is 3.34. The summed E-state index contributed by atoms with van der Waals surface area (Å²) in [6, 6.07) is 12.8. The fourth-order valence-corrected chi connectivity index (χ4v) is 2.30. The first kappa shape index (κ1) is 19.0. The lowest BCUT2D eigenvalue weighted by atomic mass is 10.1. The standard InChI is InChI=1S/C21H22N2O3/c1-4-13-26-18-9-6-17(7-10-18)8-12-20(24)22-23-21(25)19-11-5-15(2)14-16(19)3/h4-12,14H,1,13H2,2-3H3,(H,22,24)(H,23,25)/b12-8+. The highest BCUT2D eigenvalue weighted by atomic mass is 16.5. The second-order valence-electron chi connectivity index (χ2n) is 5.76. The number of ether oxygens (including phenoxy) is 1. The molecule has 134 valence electrons. The molecule has 0 radical (unpaired) electrons. The van der Waals surface area contributed by atoms with Gasteiger partial charge in [0.2, 0.25) is 0 Å². The Kier molecular flexibility index (Phi) is 6.74. The molecule has 2 rings (SSSR count). The number of nitrogens with one attached hydrogen (secondary N) is 2. The molecule has 0 saturated carbocycles. The van der Waals surface area contributed by atoms with E-state index in [1.165, 1.54) is 6.08 Å². The average Bonchev–Trinajstić information content (AvgIpc) is 2.63. The van der Waals surface area contributed by atoms with Gasteiger partial charge in [0.1, 0.15) is 12.4 Å². The number of rotatable bonds is 6. The normalized spacial score (nSPS) is 10.4. The Morgan fingerprint density at radius 3 is 2.46 bits per heavy atom. The van der Waals surface area contributed by atoms with Crippen LogP contribution in [-0.2, 0) is 4.79 Å². The predicted molar refractivity (Wildman–Crippen MR) is 103 cm³/mol. The minimum atomic E-state index is -0.421. The maximum absolute atomic E-state index is 12.1. The molecule has 0 aliphatic carbocycles. The van der Waals surface area contributed by atoms with Crippen LogP contribution in [0.3, 0.4) is 0 Å². The first-order valence-corrected chi connectivity index (χ1v) is 8.19. The van der Waals surface area contributed by atoms with Crippen molar-refractivity contribution in [2.45, 2.75) is 13.8 Å². The summed E-state index contributed by atoms with van der Waals surface area (Å²) in [5.41, 5.74) is 8.07. The van der Waals surface area contributed by atoms with E-state index in [-0.39, 0.29) is 5.91 Å². The van der Waals surface area contributed by atoms with Crippen LogP contribution in [0.5, 0.6) is 5.75 Å². The number of benzene rings is 2. The summed E-state index contributed by atoms with van der Waals surface area (Å²) in [5.74, 6) is -0.0460. The highest BCUT2D eigenvalue weighted by Gasteiger charge is 2.09. The molecule has 2 N–H and O–H groups in total. The van der Waals surface area contributed by atoms with Crippen molar-refractivity contribution in [3.05, 3.63) is 83.4 Å². The van der Waals surface area contributed by atoms with E-state index in [1.54, 1.807) is 18.2 Å². The van der Waals surface area contributed by atoms with Gasteiger partial charge < -0.3 is 4.74 Å². The molecule has 0 aliphatic heterocycles. The van der Waals surface area contributed by atoms with Gasteiger partial charge in [-0.25, -0.2) is 0 Å². The Morgan fingerprint density at radius 2 is 1.81 bits per heavy atom. The molecule has 0 saturated heterocycles. The van der Waals surface area contributed by atoms with Crippen LogP contribution in [0.2, 0.25) is 0 Å². The number of amides is 2.